The highest BCUT2D eigenvalue weighted by molar-refractivity contribution is 5.78. The van der Waals surface area contributed by atoms with Crippen LogP contribution in [0.5, 0.6) is 0 Å². The minimum atomic E-state index is -0.676. The number of ketones is 1. The van der Waals surface area contributed by atoms with Gasteiger partial charge in [0.05, 0.1) is 6.20 Å². The molecule has 1 saturated heterocycles. The van der Waals surface area contributed by atoms with Crippen LogP contribution in [0.15, 0.2) is 12.3 Å². The monoisotopic (exact) mass is 240 g/mol. The molecular weight excluding hydrogens is 226 g/mol. The first-order valence-electron chi connectivity index (χ1n) is 5.64. The van der Waals surface area contributed by atoms with Crippen molar-refractivity contribution in [3.05, 3.63) is 23.9 Å². The summed E-state index contributed by atoms with van der Waals surface area (Å²) in [6.07, 6.45) is 2.41. The molecule has 1 fully saturated rings. The van der Waals surface area contributed by atoms with Crippen molar-refractivity contribution in [1.82, 2.24) is 4.98 Å². The van der Waals surface area contributed by atoms with E-state index in [4.69, 9.17) is 0 Å². The van der Waals surface area contributed by atoms with Crippen LogP contribution in [0.2, 0.25) is 0 Å². The van der Waals surface area contributed by atoms with Crippen LogP contribution in [0, 0.1) is 17.6 Å². The molecule has 0 aromatic carbocycles. The van der Waals surface area contributed by atoms with Gasteiger partial charge in [-0.25, -0.2) is 13.8 Å². The number of nitrogens with zero attached hydrogens (tertiary/aromatic N) is 2. The lowest BCUT2D eigenvalue weighted by Crippen LogP contribution is -2.36. The Balaban J connectivity index is 2.08. The van der Waals surface area contributed by atoms with E-state index in [-0.39, 0.29) is 17.5 Å². The summed E-state index contributed by atoms with van der Waals surface area (Å²) in [6.45, 7) is 2.75. The SMILES string of the molecule is CC(=O)C1CCN(c2ncc(F)cc2F)CC1. The van der Waals surface area contributed by atoms with Gasteiger partial charge in [0.25, 0.3) is 0 Å². The minimum Gasteiger partial charge on any atom is -0.354 e. The van der Waals surface area contributed by atoms with E-state index in [2.05, 4.69) is 4.98 Å². The summed E-state index contributed by atoms with van der Waals surface area (Å²) in [6, 6.07) is 0.833. The fourth-order valence-electron chi connectivity index (χ4n) is 2.14. The maximum Gasteiger partial charge on any atom is 0.168 e. The van der Waals surface area contributed by atoms with Crippen molar-refractivity contribution < 1.29 is 13.6 Å². The van der Waals surface area contributed by atoms with Gasteiger partial charge >= 0.3 is 0 Å². The van der Waals surface area contributed by atoms with E-state index in [1.165, 1.54) is 0 Å². The van der Waals surface area contributed by atoms with E-state index >= 15 is 0 Å². The Kier molecular flexibility index (Phi) is 3.36. The third kappa shape index (κ3) is 2.60. The van der Waals surface area contributed by atoms with E-state index in [9.17, 15) is 13.6 Å². The Labute approximate surface area is 98.5 Å². The molecule has 5 heteroatoms. The zero-order valence-electron chi connectivity index (χ0n) is 9.62. The quantitative estimate of drug-likeness (QED) is 0.794. The van der Waals surface area contributed by atoms with Gasteiger partial charge < -0.3 is 4.90 Å². The van der Waals surface area contributed by atoms with Crippen molar-refractivity contribution >= 4 is 11.6 Å². The van der Waals surface area contributed by atoms with Crippen molar-refractivity contribution in [2.75, 3.05) is 18.0 Å². The topological polar surface area (TPSA) is 33.2 Å². The molecule has 0 spiro atoms. The number of rotatable bonds is 2. The van der Waals surface area contributed by atoms with Crippen LogP contribution in [0.4, 0.5) is 14.6 Å². The third-order valence-corrected chi connectivity index (χ3v) is 3.16. The molecule has 1 aromatic rings. The van der Waals surface area contributed by atoms with Crippen LogP contribution >= 0.6 is 0 Å². The molecule has 0 aliphatic carbocycles. The van der Waals surface area contributed by atoms with E-state index in [1.807, 2.05) is 0 Å². The van der Waals surface area contributed by atoms with Crippen LogP contribution in [-0.2, 0) is 4.79 Å². The number of carbonyl (C=O) groups excluding carboxylic acids is 1. The number of carbonyl (C=O) groups is 1. The number of piperidine rings is 1. The molecule has 0 atom stereocenters. The molecule has 1 aromatic heterocycles. The Hall–Kier alpha value is -1.52. The molecule has 2 heterocycles. The molecule has 1 aliphatic heterocycles. The third-order valence-electron chi connectivity index (χ3n) is 3.16. The number of hydrogen-bond acceptors (Lipinski definition) is 3. The maximum absolute atomic E-state index is 13.5. The number of hydrogen-bond donors (Lipinski definition) is 0. The van der Waals surface area contributed by atoms with Crippen molar-refractivity contribution in [3.63, 3.8) is 0 Å². The molecule has 0 unspecified atom stereocenters. The summed E-state index contributed by atoms with van der Waals surface area (Å²) in [5, 5.41) is 0. The number of halogens is 2. The van der Waals surface area contributed by atoms with Gasteiger partial charge in [-0.1, -0.05) is 0 Å². The van der Waals surface area contributed by atoms with E-state index in [0.717, 1.165) is 12.3 Å². The number of pyridine rings is 1. The van der Waals surface area contributed by atoms with Gasteiger partial charge in [0.1, 0.15) is 11.6 Å². The lowest BCUT2D eigenvalue weighted by Gasteiger charge is -2.31. The van der Waals surface area contributed by atoms with Gasteiger partial charge in [-0.2, -0.15) is 0 Å². The van der Waals surface area contributed by atoms with Gasteiger partial charge in [0.2, 0.25) is 0 Å². The van der Waals surface area contributed by atoms with Gasteiger partial charge in [0, 0.05) is 25.1 Å². The number of aromatic nitrogens is 1. The summed E-state index contributed by atoms with van der Waals surface area (Å²) in [4.78, 5) is 16.7. The average molecular weight is 240 g/mol. The van der Waals surface area contributed by atoms with Crippen LogP contribution in [-0.4, -0.2) is 23.9 Å². The Morgan fingerprint density at radius 3 is 2.59 bits per heavy atom. The maximum atomic E-state index is 13.5. The average Bonchev–Trinajstić information content (AvgIpc) is 2.29. The molecule has 0 radical (unpaired) electrons. The molecular formula is C12H14F2N2O. The van der Waals surface area contributed by atoms with Gasteiger partial charge in [0.15, 0.2) is 11.6 Å². The van der Waals surface area contributed by atoms with E-state index in [0.29, 0.717) is 25.9 Å². The number of Topliss-reactive ketones (excluding diaryl/α,β-unsaturated/α-hetero) is 1. The second-order valence-corrected chi connectivity index (χ2v) is 4.33. The number of anilines is 1. The summed E-state index contributed by atoms with van der Waals surface area (Å²) in [7, 11) is 0. The van der Waals surface area contributed by atoms with Gasteiger partial charge in [-0.05, 0) is 19.8 Å². The van der Waals surface area contributed by atoms with Crippen molar-refractivity contribution in [1.29, 1.82) is 0 Å². The standard InChI is InChI=1S/C12H14F2N2O/c1-8(17)9-2-4-16(5-3-9)12-11(14)6-10(13)7-15-12/h6-7,9H,2-5H2,1H3. The first kappa shape index (κ1) is 12.0. The van der Waals surface area contributed by atoms with Gasteiger partial charge in [-0.15, -0.1) is 0 Å². The first-order chi connectivity index (χ1) is 8.08. The van der Waals surface area contributed by atoms with Crippen LogP contribution in [0.3, 0.4) is 0 Å². The Morgan fingerprint density at radius 1 is 1.41 bits per heavy atom. The fourth-order valence-corrected chi connectivity index (χ4v) is 2.14. The molecule has 0 N–H and O–H groups in total. The zero-order chi connectivity index (χ0) is 12.4. The van der Waals surface area contributed by atoms with E-state index < -0.39 is 11.6 Å². The Morgan fingerprint density at radius 2 is 2.06 bits per heavy atom. The first-order valence-corrected chi connectivity index (χ1v) is 5.64. The summed E-state index contributed by atoms with van der Waals surface area (Å²) < 4.78 is 26.2. The lowest BCUT2D eigenvalue weighted by molar-refractivity contribution is -0.121. The lowest BCUT2D eigenvalue weighted by atomic mass is 9.93. The largest absolute Gasteiger partial charge is 0.354 e. The second kappa shape index (κ2) is 4.77. The van der Waals surface area contributed by atoms with Crippen molar-refractivity contribution in [2.24, 2.45) is 5.92 Å². The molecule has 3 nitrogen and oxygen atoms in total. The molecule has 92 valence electrons. The second-order valence-electron chi connectivity index (χ2n) is 4.33. The van der Waals surface area contributed by atoms with Crippen LogP contribution in [0.1, 0.15) is 19.8 Å². The molecule has 0 bridgehead atoms. The molecule has 1 aliphatic rings. The minimum absolute atomic E-state index is 0.0646. The van der Waals surface area contributed by atoms with Crippen LogP contribution < -0.4 is 4.90 Å². The molecule has 17 heavy (non-hydrogen) atoms. The fraction of sp³-hybridized carbons (Fsp3) is 0.500. The predicted molar refractivity (Wildman–Crippen MR) is 59.8 cm³/mol. The predicted octanol–water partition coefficient (Wildman–Crippen LogP) is 2.17. The normalized spacial score (nSPS) is 17.2. The summed E-state index contributed by atoms with van der Waals surface area (Å²) in [5.41, 5.74) is 0. The van der Waals surface area contributed by atoms with Crippen LogP contribution in [0.25, 0.3) is 0 Å². The highest BCUT2D eigenvalue weighted by Gasteiger charge is 2.24. The van der Waals surface area contributed by atoms with Crippen molar-refractivity contribution in [2.45, 2.75) is 19.8 Å². The molecule has 0 saturated carbocycles. The summed E-state index contributed by atoms with van der Waals surface area (Å²) >= 11 is 0. The molecule has 0 amide bonds. The molecule has 2 rings (SSSR count). The van der Waals surface area contributed by atoms with Crippen molar-refractivity contribution in [3.8, 4) is 0 Å². The summed E-state index contributed by atoms with van der Waals surface area (Å²) in [5.74, 6) is -0.906. The van der Waals surface area contributed by atoms with Gasteiger partial charge in [-0.3, -0.25) is 4.79 Å². The smallest absolute Gasteiger partial charge is 0.168 e. The van der Waals surface area contributed by atoms with E-state index in [1.54, 1.807) is 11.8 Å². The highest BCUT2D eigenvalue weighted by Crippen LogP contribution is 2.24. The zero-order valence-corrected chi connectivity index (χ0v) is 9.62. The highest BCUT2D eigenvalue weighted by atomic mass is 19.1. The Bertz CT molecular complexity index is 429.